The molecular formula is C25H25N5O2. The van der Waals surface area contributed by atoms with Crippen LogP contribution in [0.4, 0.5) is 5.69 Å². The topological polar surface area (TPSA) is 105 Å². The van der Waals surface area contributed by atoms with Crippen molar-refractivity contribution in [2.75, 3.05) is 18.8 Å². The number of nitrogens with zero attached hydrogens (tertiary/aromatic N) is 1. The predicted molar refractivity (Wildman–Crippen MR) is 128 cm³/mol. The van der Waals surface area contributed by atoms with Crippen molar-refractivity contribution in [2.45, 2.75) is 19.9 Å². The van der Waals surface area contributed by atoms with Crippen LogP contribution in [0.1, 0.15) is 24.5 Å². The summed E-state index contributed by atoms with van der Waals surface area (Å²) in [4.78, 5) is 29.1. The normalized spacial score (nSPS) is 14.2. The van der Waals surface area contributed by atoms with Gasteiger partial charge in [-0.25, -0.2) is 0 Å². The lowest BCUT2D eigenvalue weighted by Crippen LogP contribution is -2.22. The fourth-order valence-electron chi connectivity index (χ4n) is 4.56. The van der Waals surface area contributed by atoms with Crippen molar-refractivity contribution in [3.63, 3.8) is 0 Å². The van der Waals surface area contributed by atoms with Gasteiger partial charge in [0, 0.05) is 46.4 Å². The third-order valence-electron chi connectivity index (χ3n) is 5.99. The smallest absolute Gasteiger partial charge is 0.259 e. The van der Waals surface area contributed by atoms with Crippen LogP contribution in [-0.2, 0) is 16.1 Å². The molecule has 0 unspecified atom stereocenters. The molecule has 162 valence electrons. The number of imide groups is 1. The Morgan fingerprint density at radius 2 is 1.72 bits per heavy atom. The van der Waals surface area contributed by atoms with Crippen molar-refractivity contribution in [1.29, 1.82) is 0 Å². The number of aromatic amines is 1. The van der Waals surface area contributed by atoms with E-state index in [-0.39, 0.29) is 11.8 Å². The highest BCUT2D eigenvalue weighted by Crippen LogP contribution is 2.39. The van der Waals surface area contributed by atoms with Gasteiger partial charge >= 0.3 is 0 Å². The molecule has 0 fully saturated rings. The first-order valence-corrected chi connectivity index (χ1v) is 10.8. The molecule has 0 saturated heterocycles. The number of amides is 2. The minimum absolute atomic E-state index is 0.383. The van der Waals surface area contributed by atoms with Gasteiger partial charge in [-0.2, -0.15) is 0 Å². The lowest BCUT2D eigenvalue weighted by molar-refractivity contribution is -0.122. The first-order valence-electron chi connectivity index (χ1n) is 10.8. The highest BCUT2D eigenvalue weighted by atomic mass is 16.2. The van der Waals surface area contributed by atoms with E-state index in [1.54, 1.807) is 6.20 Å². The Kier molecular flexibility index (Phi) is 5.03. The van der Waals surface area contributed by atoms with Crippen molar-refractivity contribution in [1.82, 2.24) is 20.2 Å². The number of para-hydroxylation sites is 2. The van der Waals surface area contributed by atoms with Crippen LogP contribution >= 0.6 is 0 Å². The van der Waals surface area contributed by atoms with Crippen LogP contribution in [0.15, 0.2) is 54.9 Å². The number of benzene rings is 2. The summed E-state index contributed by atoms with van der Waals surface area (Å²) in [5.74, 6) is -0.767. The fourth-order valence-corrected chi connectivity index (χ4v) is 4.56. The molecule has 0 atom stereocenters. The van der Waals surface area contributed by atoms with Gasteiger partial charge in [0.2, 0.25) is 0 Å². The third-order valence-corrected chi connectivity index (χ3v) is 5.99. The molecule has 2 amide bonds. The summed E-state index contributed by atoms with van der Waals surface area (Å²) in [6, 6.07) is 13.5. The second kappa shape index (κ2) is 8.01. The van der Waals surface area contributed by atoms with Crippen molar-refractivity contribution in [2.24, 2.45) is 0 Å². The van der Waals surface area contributed by atoms with Crippen molar-refractivity contribution < 1.29 is 9.59 Å². The van der Waals surface area contributed by atoms with E-state index in [9.17, 15) is 9.59 Å². The minimum Gasteiger partial charge on any atom is -0.397 e. The van der Waals surface area contributed by atoms with Gasteiger partial charge < -0.3 is 20.6 Å². The van der Waals surface area contributed by atoms with Gasteiger partial charge in [0.15, 0.2) is 0 Å². The molecule has 5 N–H and O–H groups in total. The van der Waals surface area contributed by atoms with Crippen molar-refractivity contribution in [3.8, 4) is 0 Å². The van der Waals surface area contributed by atoms with Crippen LogP contribution in [0.5, 0.6) is 0 Å². The van der Waals surface area contributed by atoms with Crippen LogP contribution < -0.4 is 16.4 Å². The maximum absolute atomic E-state index is 13.0. The predicted octanol–water partition coefficient (Wildman–Crippen LogP) is 3.27. The van der Waals surface area contributed by atoms with Gasteiger partial charge in [0.05, 0.1) is 22.4 Å². The number of hydrogen-bond acceptors (Lipinski definition) is 4. The summed E-state index contributed by atoms with van der Waals surface area (Å²) in [5, 5.41) is 7.60. The molecule has 0 spiro atoms. The number of aryl methyl sites for hydroxylation is 1. The van der Waals surface area contributed by atoms with Gasteiger partial charge in [-0.15, -0.1) is 0 Å². The maximum Gasteiger partial charge on any atom is 0.259 e. The number of hydrogen-bond donors (Lipinski definition) is 4. The zero-order valence-corrected chi connectivity index (χ0v) is 17.9. The molecule has 2 aromatic heterocycles. The Balaban J connectivity index is 1.71. The van der Waals surface area contributed by atoms with E-state index in [1.165, 1.54) is 0 Å². The van der Waals surface area contributed by atoms with Crippen LogP contribution in [-0.4, -0.2) is 34.5 Å². The second-order valence-electron chi connectivity index (χ2n) is 7.97. The summed E-state index contributed by atoms with van der Waals surface area (Å²) in [5.41, 5.74) is 11.0. The Bertz CT molecular complexity index is 1390. The number of fused-ring (bicyclic) bond motifs is 2. The molecule has 1 aliphatic heterocycles. The first kappa shape index (κ1) is 20.1. The first-order chi connectivity index (χ1) is 15.6. The largest absolute Gasteiger partial charge is 0.397 e. The van der Waals surface area contributed by atoms with E-state index < -0.39 is 0 Å². The summed E-state index contributed by atoms with van der Waals surface area (Å²) in [7, 11) is 0. The Morgan fingerprint density at radius 1 is 0.969 bits per heavy atom. The van der Waals surface area contributed by atoms with Gasteiger partial charge in [-0.1, -0.05) is 37.3 Å². The number of anilines is 1. The lowest BCUT2D eigenvalue weighted by Gasteiger charge is -2.07. The third kappa shape index (κ3) is 3.18. The van der Waals surface area contributed by atoms with Crippen LogP contribution in [0.3, 0.4) is 0 Å². The molecular weight excluding hydrogens is 402 g/mol. The molecule has 7 heteroatoms. The number of carbonyl (C=O) groups is 2. The molecule has 0 radical (unpaired) electrons. The highest BCUT2D eigenvalue weighted by molar-refractivity contribution is 6.50. The SMILES string of the molecule is CCNCCCn1cc(C2=C(c3c[nH]c4ccccc34)C(=O)NC2=O)c2cccc(N)c21. The standard InChI is InChI=1S/C25H25N5O2/c1-2-27-11-6-12-30-14-18(16-8-5-9-19(26)23(16)30)22-21(24(31)29-25(22)32)17-13-28-20-10-4-3-7-15(17)20/h3-5,7-10,13-14,27-28H,2,6,11-12,26H2,1H3,(H,29,31,32). The van der Waals surface area contributed by atoms with Crippen LogP contribution in [0.2, 0.25) is 0 Å². The molecule has 1 aliphatic rings. The molecule has 4 aromatic rings. The summed E-state index contributed by atoms with van der Waals surface area (Å²) < 4.78 is 2.09. The van der Waals surface area contributed by atoms with Crippen molar-refractivity contribution in [3.05, 3.63) is 66.0 Å². The number of rotatable bonds is 7. The summed E-state index contributed by atoms with van der Waals surface area (Å²) >= 11 is 0. The van der Waals surface area contributed by atoms with E-state index >= 15 is 0 Å². The quantitative estimate of drug-likeness (QED) is 0.206. The summed E-state index contributed by atoms with van der Waals surface area (Å²) in [6.45, 7) is 4.64. The molecule has 0 saturated carbocycles. The zero-order chi connectivity index (χ0) is 22.2. The number of carbonyl (C=O) groups excluding carboxylic acids is 2. The van der Waals surface area contributed by atoms with E-state index in [0.717, 1.165) is 59.0 Å². The Hall–Kier alpha value is -3.84. The molecule has 0 bridgehead atoms. The maximum atomic E-state index is 13.0. The average molecular weight is 428 g/mol. The zero-order valence-electron chi connectivity index (χ0n) is 17.9. The molecule has 5 rings (SSSR count). The number of H-pyrrole nitrogens is 1. The number of nitrogen functional groups attached to an aromatic ring is 1. The number of aromatic nitrogens is 2. The van der Waals surface area contributed by atoms with Gasteiger partial charge in [-0.05, 0) is 31.6 Å². The number of nitrogens with one attached hydrogen (secondary N) is 3. The fraction of sp³-hybridized carbons (Fsp3) is 0.200. The monoisotopic (exact) mass is 427 g/mol. The Morgan fingerprint density at radius 3 is 2.53 bits per heavy atom. The van der Waals surface area contributed by atoms with E-state index in [0.29, 0.717) is 16.8 Å². The Labute approximate surface area is 185 Å². The van der Waals surface area contributed by atoms with Gasteiger partial charge in [0.25, 0.3) is 11.8 Å². The van der Waals surface area contributed by atoms with Gasteiger partial charge in [-0.3, -0.25) is 14.9 Å². The molecule has 2 aromatic carbocycles. The molecule has 7 nitrogen and oxygen atoms in total. The average Bonchev–Trinajstić information content (AvgIpc) is 3.45. The van der Waals surface area contributed by atoms with E-state index in [4.69, 9.17) is 5.73 Å². The molecule has 0 aliphatic carbocycles. The summed E-state index contributed by atoms with van der Waals surface area (Å²) in [6.07, 6.45) is 4.67. The minimum atomic E-state index is -0.385. The molecule has 3 heterocycles. The molecule has 32 heavy (non-hydrogen) atoms. The lowest BCUT2D eigenvalue weighted by atomic mass is 9.95. The van der Waals surface area contributed by atoms with E-state index in [2.05, 4.69) is 27.1 Å². The van der Waals surface area contributed by atoms with E-state index in [1.807, 2.05) is 48.7 Å². The highest BCUT2D eigenvalue weighted by Gasteiger charge is 2.35. The van der Waals surface area contributed by atoms with Crippen molar-refractivity contribution >= 4 is 50.5 Å². The van der Waals surface area contributed by atoms with Crippen LogP contribution in [0, 0.1) is 0 Å². The number of nitrogens with two attached hydrogens (primary N) is 1. The second-order valence-corrected chi connectivity index (χ2v) is 7.97. The van der Waals surface area contributed by atoms with Gasteiger partial charge in [0.1, 0.15) is 0 Å². The van der Waals surface area contributed by atoms with Crippen LogP contribution in [0.25, 0.3) is 33.0 Å².